The molecule has 3 fully saturated rings. The number of nitrogens with two attached hydrogens (primary N) is 1. The van der Waals surface area contributed by atoms with Gasteiger partial charge in [-0.15, -0.1) is 5.10 Å². The van der Waals surface area contributed by atoms with Crippen LogP contribution in [0.15, 0.2) is 61.2 Å². The number of pyridine rings is 2. The van der Waals surface area contributed by atoms with Crippen LogP contribution in [0.3, 0.4) is 0 Å². The number of rotatable bonds is 5. The molecule has 12 heteroatoms. The molecule has 0 saturated carbocycles. The fourth-order valence-corrected chi connectivity index (χ4v) is 6.06. The van der Waals surface area contributed by atoms with Crippen LogP contribution in [-0.2, 0) is 7.05 Å². The van der Waals surface area contributed by atoms with Crippen LogP contribution >= 0.6 is 0 Å². The highest BCUT2D eigenvalue weighted by atomic mass is 19.1. The number of piperazine rings is 1. The summed E-state index contributed by atoms with van der Waals surface area (Å²) < 4.78 is 22.6. The lowest BCUT2D eigenvalue weighted by molar-refractivity contribution is 0.00572. The average molecular weight is 564 g/mol. The van der Waals surface area contributed by atoms with E-state index in [0.717, 1.165) is 34.5 Å². The SMILES string of the molecule is COc1ccc(C(=O)N2C3CC2CN(c2ccc(-c4cc(-c5cnn(C)c5)cn5nc(N)c(C#N)c45)cn2)C3)cc1F. The number of ether oxygens (including phenoxy) is 1. The number of halogens is 1. The number of piperidine rings is 1. The number of aryl methyl sites for hydroxylation is 1. The molecule has 210 valence electrons. The number of aromatic nitrogens is 5. The lowest BCUT2D eigenvalue weighted by Gasteiger charge is -2.56. The number of hydrogen-bond acceptors (Lipinski definition) is 8. The summed E-state index contributed by atoms with van der Waals surface area (Å²) in [4.78, 5) is 22.0. The van der Waals surface area contributed by atoms with Crippen LogP contribution in [0.1, 0.15) is 22.3 Å². The first-order chi connectivity index (χ1) is 20.3. The zero-order valence-electron chi connectivity index (χ0n) is 22.9. The summed E-state index contributed by atoms with van der Waals surface area (Å²) >= 11 is 0. The van der Waals surface area contributed by atoms with Gasteiger partial charge in [0.2, 0.25) is 0 Å². The third-order valence-electron chi connectivity index (χ3n) is 8.11. The predicted molar refractivity (Wildman–Crippen MR) is 153 cm³/mol. The van der Waals surface area contributed by atoms with E-state index in [-0.39, 0.29) is 29.6 Å². The number of carbonyl (C=O) groups excluding carboxylic acids is 1. The van der Waals surface area contributed by atoms with E-state index in [1.54, 1.807) is 27.7 Å². The van der Waals surface area contributed by atoms with E-state index in [1.165, 1.54) is 19.2 Å². The first kappa shape index (κ1) is 25.5. The minimum atomic E-state index is -0.552. The Bertz CT molecular complexity index is 1890. The van der Waals surface area contributed by atoms with Crippen molar-refractivity contribution >= 4 is 23.1 Å². The minimum absolute atomic E-state index is 0.0200. The number of methoxy groups -OCH3 is 1. The molecular formula is C30H26FN9O2. The molecule has 3 aliphatic rings. The molecule has 2 unspecified atom stereocenters. The fourth-order valence-electron chi connectivity index (χ4n) is 6.06. The lowest BCUT2D eigenvalue weighted by Crippen LogP contribution is -2.70. The van der Waals surface area contributed by atoms with Crippen LogP contribution in [0.2, 0.25) is 0 Å². The molecule has 5 aromatic rings. The molecule has 0 spiro atoms. The Morgan fingerprint density at radius 2 is 1.90 bits per heavy atom. The second kappa shape index (κ2) is 9.59. The number of nitrogen functional groups attached to an aromatic ring is 1. The molecule has 11 nitrogen and oxygen atoms in total. The molecule has 42 heavy (non-hydrogen) atoms. The van der Waals surface area contributed by atoms with Crippen LogP contribution in [0.25, 0.3) is 27.8 Å². The zero-order valence-corrected chi connectivity index (χ0v) is 22.9. The van der Waals surface area contributed by atoms with Crippen LogP contribution in [-0.4, -0.2) is 67.5 Å². The van der Waals surface area contributed by atoms with Crippen LogP contribution in [0.5, 0.6) is 5.75 Å². The summed E-state index contributed by atoms with van der Waals surface area (Å²) in [5.41, 5.74) is 10.7. The van der Waals surface area contributed by atoms with Crippen molar-refractivity contribution in [2.45, 2.75) is 18.5 Å². The van der Waals surface area contributed by atoms with Crippen molar-refractivity contribution in [2.24, 2.45) is 7.05 Å². The van der Waals surface area contributed by atoms with Gasteiger partial charge in [0, 0.05) is 66.5 Å². The Morgan fingerprint density at radius 1 is 1.10 bits per heavy atom. The number of anilines is 2. The lowest BCUT2D eigenvalue weighted by atomic mass is 9.86. The maximum atomic E-state index is 14.2. The van der Waals surface area contributed by atoms with Crippen molar-refractivity contribution in [2.75, 3.05) is 30.8 Å². The number of benzene rings is 1. The standard InChI is InChI=1S/C30H26FN9O2/c1-37-13-20(12-35-37)19-7-23(28-24(10-32)29(33)36-39(28)14-19)18-4-6-27(34-11-18)38-15-21-9-22(16-38)40(21)30(41)17-3-5-26(42-2)25(31)8-17/h3-8,11-14,21-22H,9,15-16H2,1-2H3,(H2,33,36). The van der Waals surface area contributed by atoms with Crippen LogP contribution < -0.4 is 15.4 Å². The molecule has 7 heterocycles. The molecular weight excluding hydrogens is 537 g/mol. The Labute approximate surface area is 240 Å². The van der Waals surface area contributed by atoms with Gasteiger partial charge in [0.15, 0.2) is 17.4 Å². The Kier molecular flexibility index (Phi) is 5.83. The summed E-state index contributed by atoms with van der Waals surface area (Å²) in [5, 5.41) is 18.5. The van der Waals surface area contributed by atoms with Crippen molar-refractivity contribution in [1.29, 1.82) is 5.26 Å². The van der Waals surface area contributed by atoms with Gasteiger partial charge in [-0.05, 0) is 42.8 Å². The smallest absolute Gasteiger partial charge is 0.254 e. The van der Waals surface area contributed by atoms with Crippen LogP contribution in [0.4, 0.5) is 16.0 Å². The van der Waals surface area contributed by atoms with Crippen molar-refractivity contribution in [3.8, 4) is 34.1 Å². The molecule has 2 bridgehead atoms. The van der Waals surface area contributed by atoms with E-state index in [9.17, 15) is 14.4 Å². The third-order valence-corrected chi connectivity index (χ3v) is 8.11. The number of fused-ring (bicyclic) bond motifs is 3. The number of nitrogens with zero attached hydrogens (tertiary/aromatic N) is 8. The number of carbonyl (C=O) groups is 1. The number of hydrogen-bond donors (Lipinski definition) is 1. The number of nitriles is 1. The topological polar surface area (TPSA) is 131 Å². The summed E-state index contributed by atoms with van der Waals surface area (Å²) in [6.07, 6.45) is 8.20. The quantitative estimate of drug-likeness (QED) is 0.344. The summed E-state index contributed by atoms with van der Waals surface area (Å²) in [6.45, 7) is 1.26. The second-order valence-corrected chi connectivity index (χ2v) is 10.6. The Morgan fingerprint density at radius 3 is 2.55 bits per heavy atom. The molecule has 2 atom stereocenters. The van der Waals surface area contributed by atoms with E-state index >= 15 is 0 Å². The van der Waals surface area contributed by atoms with Crippen molar-refractivity contribution in [3.63, 3.8) is 0 Å². The summed E-state index contributed by atoms with van der Waals surface area (Å²) in [7, 11) is 3.25. The molecule has 1 aromatic carbocycles. The summed E-state index contributed by atoms with van der Waals surface area (Å²) in [6, 6.07) is 12.5. The van der Waals surface area contributed by atoms with E-state index in [0.29, 0.717) is 29.7 Å². The third kappa shape index (κ3) is 4.01. The second-order valence-electron chi connectivity index (χ2n) is 10.6. The highest BCUT2D eigenvalue weighted by Gasteiger charge is 2.47. The number of amides is 1. The van der Waals surface area contributed by atoms with E-state index in [2.05, 4.69) is 21.2 Å². The van der Waals surface area contributed by atoms with Crippen LogP contribution in [0, 0.1) is 17.1 Å². The van der Waals surface area contributed by atoms with Crippen molar-refractivity contribution in [3.05, 3.63) is 78.1 Å². The maximum Gasteiger partial charge on any atom is 0.254 e. The largest absolute Gasteiger partial charge is 0.494 e. The molecule has 0 radical (unpaired) electrons. The van der Waals surface area contributed by atoms with Gasteiger partial charge in [-0.1, -0.05) is 0 Å². The molecule has 3 saturated heterocycles. The van der Waals surface area contributed by atoms with Crippen molar-refractivity contribution < 1.29 is 13.9 Å². The molecule has 1 amide bonds. The van der Waals surface area contributed by atoms with Gasteiger partial charge in [0.25, 0.3) is 5.91 Å². The monoisotopic (exact) mass is 563 g/mol. The molecule has 0 aliphatic carbocycles. The Hall–Kier alpha value is -5.44. The fraction of sp³-hybridized carbons (Fsp3) is 0.233. The zero-order chi connectivity index (χ0) is 29.1. The minimum Gasteiger partial charge on any atom is -0.494 e. The summed E-state index contributed by atoms with van der Waals surface area (Å²) in [5.74, 6) is 0.344. The predicted octanol–water partition coefficient (Wildman–Crippen LogP) is 3.50. The van der Waals surface area contributed by atoms with E-state index in [4.69, 9.17) is 15.5 Å². The van der Waals surface area contributed by atoms with Gasteiger partial charge in [0.1, 0.15) is 17.5 Å². The highest BCUT2D eigenvalue weighted by Crippen LogP contribution is 2.37. The van der Waals surface area contributed by atoms with Gasteiger partial charge >= 0.3 is 0 Å². The molecule has 3 aliphatic heterocycles. The normalized spacial score (nSPS) is 17.7. The van der Waals surface area contributed by atoms with Gasteiger partial charge < -0.3 is 20.3 Å². The molecule has 8 rings (SSSR count). The van der Waals surface area contributed by atoms with Gasteiger partial charge in [-0.2, -0.15) is 10.4 Å². The van der Waals surface area contributed by atoms with Gasteiger partial charge in [-0.25, -0.2) is 13.9 Å². The Balaban J connectivity index is 1.15. The molecule has 4 aromatic heterocycles. The average Bonchev–Trinajstić information content (AvgIpc) is 3.58. The van der Waals surface area contributed by atoms with Gasteiger partial charge in [-0.3, -0.25) is 9.48 Å². The highest BCUT2D eigenvalue weighted by molar-refractivity contribution is 5.96. The first-order valence-corrected chi connectivity index (χ1v) is 13.4. The maximum absolute atomic E-state index is 14.2. The van der Waals surface area contributed by atoms with E-state index in [1.807, 2.05) is 42.5 Å². The van der Waals surface area contributed by atoms with E-state index < -0.39 is 5.82 Å². The first-order valence-electron chi connectivity index (χ1n) is 13.4. The molecule has 2 N–H and O–H groups in total. The van der Waals surface area contributed by atoms with Gasteiger partial charge in [0.05, 0.1) is 30.9 Å². The van der Waals surface area contributed by atoms with Crippen molar-refractivity contribution in [1.82, 2.24) is 29.3 Å².